The van der Waals surface area contributed by atoms with Crippen LogP contribution < -0.4 is 0 Å². The number of hydrogen-bond acceptors (Lipinski definition) is 4. The molecule has 2 aliphatic heterocycles. The normalized spacial score (nSPS) is 29.6. The molecule has 2 heterocycles. The van der Waals surface area contributed by atoms with Crippen molar-refractivity contribution in [1.82, 2.24) is 4.90 Å². The van der Waals surface area contributed by atoms with E-state index in [1.807, 2.05) is 0 Å². The largest absolute Gasteiger partial charge is 0.467 e. The molecule has 1 aromatic carbocycles. The van der Waals surface area contributed by atoms with Gasteiger partial charge in [-0.3, -0.25) is 4.90 Å². The Kier molecular flexibility index (Phi) is 4.90. The summed E-state index contributed by atoms with van der Waals surface area (Å²) in [5, 5.41) is 0.593. The second kappa shape index (κ2) is 6.75. The van der Waals surface area contributed by atoms with Crippen LogP contribution in [0.15, 0.2) is 24.3 Å². The molecule has 1 aromatic rings. The highest BCUT2D eigenvalue weighted by Gasteiger charge is 2.55. The summed E-state index contributed by atoms with van der Waals surface area (Å²) in [4.78, 5) is 14.2. The molecule has 0 saturated carbocycles. The fourth-order valence-electron chi connectivity index (χ4n) is 3.62. The number of methoxy groups -OCH3 is 1. The number of halogens is 2. The Morgan fingerprint density at radius 2 is 2.00 bits per heavy atom. The van der Waals surface area contributed by atoms with Gasteiger partial charge >= 0.3 is 5.97 Å². The topological polar surface area (TPSA) is 38.8 Å². The summed E-state index contributed by atoms with van der Waals surface area (Å²) in [6.07, 6.45) is 1.73. The summed E-state index contributed by atoms with van der Waals surface area (Å²) in [5.41, 5.74) is -1.25. The molecule has 126 valence electrons. The minimum atomic E-state index is -2.03. The van der Waals surface area contributed by atoms with Crippen molar-refractivity contribution in [3.63, 3.8) is 0 Å². The molecule has 0 aliphatic carbocycles. The molecule has 3 rings (SSSR count). The van der Waals surface area contributed by atoms with Crippen LogP contribution in [0.2, 0.25) is 5.02 Å². The van der Waals surface area contributed by atoms with Gasteiger partial charge in [-0.25, -0.2) is 9.18 Å². The monoisotopic (exact) mass is 341 g/mol. The lowest BCUT2D eigenvalue weighted by Crippen LogP contribution is -2.44. The van der Waals surface area contributed by atoms with E-state index in [-0.39, 0.29) is 12.6 Å². The number of benzene rings is 1. The lowest BCUT2D eigenvalue weighted by atomic mass is 9.86. The van der Waals surface area contributed by atoms with E-state index in [1.54, 1.807) is 24.3 Å². The van der Waals surface area contributed by atoms with Crippen molar-refractivity contribution in [2.45, 2.75) is 30.5 Å². The molecule has 23 heavy (non-hydrogen) atoms. The van der Waals surface area contributed by atoms with E-state index in [2.05, 4.69) is 4.90 Å². The summed E-state index contributed by atoms with van der Waals surface area (Å²) < 4.78 is 25.7. The van der Waals surface area contributed by atoms with Crippen LogP contribution >= 0.6 is 11.6 Å². The van der Waals surface area contributed by atoms with Gasteiger partial charge in [-0.05, 0) is 30.5 Å². The Balaban J connectivity index is 1.87. The molecular weight excluding hydrogens is 321 g/mol. The van der Waals surface area contributed by atoms with E-state index in [9.17, 15) is 4.79 Å². The third kappa shape index (κ3) is 3.23. The van der Waals surface area contributed by atoms with Gasteiger partial charge in [-0.1, -0.05) is 23.7 Å². The number of likely N-dealkylation sites (tertiary alicyclic amines) is 1. The van der Waals surface area contributed by atoms with Crippen molar-refractivity contribution in [1.29, 1.82) is 0 Å². The highest BCUT2D eigenvalue weighted by molar-refractivity contribution is 6.30. The molecule has 2 atom stereocenters. The first-order chi connectivity index (χ1) is 11.0. The van der Waals surface area contributed by atoms with Gasteiger partial charge in [0.05, 0.1) is 7.11 Å². The van der Waals surface area contributed by atoms with Crippen molar-refractivity contribution in [2.24, 2.45) is 0 Å². The lowest BCUT2D eigenvalue weighted by molar-refractivity contribution is -0.154. The van der Waals surface area contributed by atoms with Crippen molar-refractivity contribution >= 4 is 17.6 Å². The Hall–Kier alpha value is -1.17. The highest BCUT2D eigenvalue weighted by atomic mass is 35.5. The summed E-state index contributed by atoms with van der Waals surface area (Å²) in [6, 6.07) is 7.29. The van der Waals surface area contributed by atoms with E-state index in [0.717, 1.165) is 18.4 Å². The molecule has 2 fully saturated rings. The smallest absolute Gasteiger partial charge is 0.345 e. The predicted molar refractivity (Wildman–Crippen MR) is 85.5 cm³/mol. The minimum absolute atomic E-state index is 0.0671. The molecule has 6 heteroatoms. The van der Waals surface area contributed by atoms with Crippen LogP contribution in [0.5, 0.6) is 0 Å². The van der Waals surface area contributed by atoms with Crippen molar-refractivity contribution in [3.8, 4) is 0 Å². The number of ether oxygens (including phenoxy) is 2. The molecule has 4 nitrogen and oxygen atoms in total. The van der Waals surface area contributed by atoms with Gasteiger partial charge in [0.25, 0.3) is 0 Å². The summed E-state index contributed by atoms with van der Waals surface area (Å²) in [6.45, 7) is 1.93. The third-order valence-corrected chi connectivity index (χ3v) is 5.16. The Morgan fingerprint density at radius 3 is 2.61 bits per heavy atom. The van der Waals surface area contributed by atoms with Crippen LogP contribution in [-0.4, -0.2) is 56.0 Å². The number of nitrogens with zero attached hydrogens (tertiary/aromatic N) is 1. The molecule has 0 N–H and O–H groups in total. The first kappa shape index (κ1) is 16.7. The Bertz CT molecular complexity index is 561. The average Bonchev–Trinajstić information content (AvgIpc) is 2.95. The van der Waals surface area contributed by atoms with Crippen molar-refractivity contribution in [3.05, 3.63) is 34.9 Å². The van der Waals surface area contributed by atoms with Crippen molar-refractivity contribution < 1.29 is 18.7 Å². The molecule has 0 unspecified atom stereocenters. The quantitative estimate of drug-likeness (QED) is 0.792. The fraction of sp³-hybridized carbons (Fsp3) is 0.588. The van der Waals surface area contributed by atoms with Crippen LogP contribution in [0.3, 0.4) is 0 Å². The SMILES string of the molecule is COC(=O)[C@]1(F)CN(C2CCOCC2)C[C@H]1c1ccc(Cl)cc1. The molecule has 2 aliphatic rings. The van der Waals surface area contributed by atoms with E-state index < -0.39 is 17.6 Å². The molecule has 0 radical (unpaired) electrons. The van der Waals surface area contributed by atoms with Crippen LogP contribution in [-0.2, 0) is 14.3 Å². The third-order valence-electron chi connectivity index (χ3n) is 4.91. The summed E-state index contributed by atoms with van der Waals surface area (Å²) in [7, 11) is 1.24. The van der Waals surface area contributed by atoms with Gasteiger partial charge in [0.1, 0.15) is 0 Å². The average molecular weight is 342 g/mol. The van der Waals surface area contributed by atoms with E-state index in [1.165, 1.54) is 7.11 Å². The van der Waals surface area contributed by atoms with Gasteiger partial charge in [0.2, 0.25) is 5.67 Å². The number of alkyl halides is 1. The predicted octanol–water partition coefficient (Wildman–Crippen LogP) is 2.80. The lowest BCUT2D eigenvalue weighted by Gasteiger charge is -2.31. The Morgan fingerprint density at radius 1 is 1.35 bits per heavy atom. The number of hydrogen-bond donors (Lipinski definition) is 0. The highest BCUT2D eigenvalue weighted by Crippen LogP contribution is 2.42. The second-order valence-electron chi connectivity index (χ2n) is 6.23. The molecule has 2 saturated heterocycles. The van der Waals surface area contributed by atoms with E-state index >= 15 is 4.39 Å². The maximum absolute atomic E-state index is 15.6. The number of carbonyl (C=O) groups is 1. The molecule has 0 amide bonds. The number of carbonyl (C=O) groups excluding carboxylic acids is 1. The van der Waals surface area contributed by atoms with Crippen LogP contribution in [0, 0.1) is 0 Å². The zero-order chi connectivity index (χ0) is 16.4. The number of esters is 1. The zero-order valence-electron chi connectivity index (χ0n) is 13.1. The number of rotatable bonds is 3. The molecule has 0 aromatic heterocycles. The maximum Gasteiger partial charge on any atom is 0.345 e. The maximum atomic E-state index is 15.6. The van der Waals surface area contributed by atoms with Gasteiger partial charge in [-0.15, -0.1) is 0 Å². The Labute approximate surface area is 140 Å². The molecular formula is C17H21ClFNO3. The van der Waals surface area contributed by atoms with E-state index in [0.29, 0.717) is 24.8 Å². The van der Waals surface area contributed by atoms with Gasteiger partial charge in [0, 0.05) is 43.3 Å². The van der Waals surface area contributed by atoms with Gasteiger partial charge in [0.15, 0.2) is 0 Å². The summed E-state index contributed by atoms with van der Waals surface area (Å²) in [5.74, 6) is -1.35. The standard InChI is InChI=1S/C17H21ClFNO3/c1-22-16(21)17(19)11-20(14-6-8-23-9-7-14)10-15(17)12-2-4-13(18)5-3-12/h2-5,14-15H,6-11H2,1H3/t15-,17-/m0/s1. The summed E-state index contributed by atoms with van der Waals surface area (Å²) >= 11 is 5.92. The fourth-order valence-corrected chi connectivity index (χ4v) is 3.75. The first-order valence-electron chi connectivity index (χ1n) is 7.89. The van der Waals surface area contributed by atoms with Crippen LogP contribution in [0.1, 0.15) is 24.3 Å². The van der Waals surface area contributed by atoms with Crippen LogP contribution in [0.4, 0.5) is 4.39 Å². The van der Waals surface area contributed by atoms with Crippen molar-refractivity contribution in [2.75, 3.05) is 33.4 Å². The second-order valence-corrected chi connectivity index (χ2v) is 6.67. The van der Waals surface area contributed by atoms with Gasteiger partial charge < -0.3 is 9.47 Å². The van der Waals surface area contributed by atoms with E-state index in [4.69, 9.17) is 21.1 Å². The van der Waals surface area contributed by atoms with Gasteiger partial charge in [-0.2, -0.15) is 0 Å². The molecule has 0 bridgehead atoms. The molecule has 0 spiro atoms. The minimum Gasteiger partial charge on any atom is -0.467 e. The zero-order valence-corrected chi connectivity index (χ0v) is 13.9. The first-order valence-corrected chi connectivity index (χ1v) is 8.27. The van der Waals surface area contributed by atoms with Crippen LogP contribution in [0.25, 0.3) is 0 Å².